The first-order chi connectivity index (χ1) is 9.31. The number of hydrogen-bond donors (Lipinski definition) is 1. The van der Waals surface area contributed by atoms with Crippen LogP contribution in [0.1, 0.15) is 5.76 Å². The largest absolute Gasteiger partial charge is 0.446 e. The van der Waals surface area contributed by atoms with Crippen molar-refractivity contribution in [3.05, 3.63) is 54.4 Å². The number of nitrogens with zero attached hydrogens (tertiary/aromatic N) is 2. The summed E-state index contributed by atoms with van der Waals surface area (Å²) in [7, 11) is 0. The van der Waals surface area contributed by atoms with Crippen LogP contribution in [0.4, 0.5) is 11.4 Å². The number of nitrogens with two attached hydrogens (primary N) is 1. The zero-order chi connectivity index (χ0) is 15.0. The molecule has 0 bridgehead atoms. The summed E-state index contributed by atoms with van der Waals surface area (Å²) in [5.74, 6) is -0.200. The van der Waals surface area contributed by atoms with Crippen molar-refractivity contribution >= 4 is 39.6 Å². The fraction of sp³-hybridized carbons (Fsp3) is 0. The van der Waals surface area contributed by atoms with Crippen molar-refractivity contribution in [2.75, 3.05) is 0 Å². The second kappa shape index (κ2) is 4.66. The molecule has 0 atom stereocenters. The van der Waals surface area contributed by atoms with Gasteiger partial charge in [-0.25, -0.2) is 0 Å². The second-order valence-corrected chi connectivity index (χ2v) is 4.13. The van der Waals surface area contributed by atoms with E-state index in [4.69, 9.17) is 10.2 Å². The van der Waals surface area contributed by atoms with Crippen LogP contribution in [0.15, 0.2) is 27.4 Å². The third kappa shape index (κ3) is 2.19. The molecule has 1 aromatic heterocycles. The van der Waals surface area contributed by atoms with E-state index < -0.39 is 32.2 Å². The average Bonchev–Trinajstić information content (AvgIpc) is 2.36. The number of fused-ring (bicyclic) bond motifs is 1. The van der Waals surface area contributed by atoms with E-state index in [2.05, 4.69) is 12.2 Å². The molecule has 20 heavy (non-hydrogen) atoms. The maximum atomic E-state index is 11.8. The number of non-ortho nitro benzene ring substituents is 2. The molecule has 2 aromatic rings. The summed E-state index contributed by atoms with van der Waals surface area (Å²) >= 11 is 4.63. The lowest BCUT2D eigenvalue weighted by Gasteiger charge is -2.02. The topological polar surface area (TPSA) is 143 Å². The van der Waals surface area contributed by atoms with Crippen molar-refractivity contribution in [1.82, 2.24) is 0 Å². The summed E-state index contributed by atoms with van der Waals surface area (Å²) in [5.41, 5.74) is 2.90. The van der Waals surface area contributed by atoms with Crippen LogP contribution in [0, 0.1) is 20.2 Å². The zero-order valence-corrected chi connectivity index (χ0v) is 10.4. The van der Waals surface area contributed by atoms with Crippen LogP contribution in [-0.2, 0) is 0 Å². The molecule has 0 aliphatic heterocycles. The molecule has 0 saturated carbocycles. The third-order valence-corrected chi connectivity index (χ3v) is 2.65. The molecule has 0 aliphatic carbocycles. The van der Waals surface area contributed by atoms with Crippen molar-refractivity contribution in [1.29, 1.82) is 0 Å². The van der Waals surface area contributed by atoms with Gasteiger partial charge in [-0.15, -0.1) is 0 Å². The monoisotopic (exact) mass is 295 g/mol. The Kier molecular flexibility index (Phi) is 3.16. The van der Waals surface area contributed by atoms with Gasteiger partial charge in [0, 0.05) is 12.1 Å². The Morgan fingerprint density at radius 1 is 1.20 bits per heavy atom. The van der Waals surface area contributed by atoms with Gasteiger partial charge in [-0.1, -0.05) is 12.2 Å². The number of nitro groups is 2. The summed E-state index contributed by atoms with van der Waals surface area (Å²) < 4.78 is 5.10. The summed E-state index contributed by atoms with van der Waals surface area (Å²) in [4.78, 5) is 31.5. The minimum atomic E-state index is -0.887. The minimum absolute atomic E-state index is 0.200. The zero-order valence-electron chi connectivity index (χ0n) is 9.56. The summed E-state index contributed by atoms with van der Waals surface area (Å²) in [6.45, 7) is 0. The van der Waals surface area contributed by atoms with Crippen LogP contribution < -0.4 is 11.2 Å². The first kappa shape index (κ1) is 13.5. The summed E-state index contributed by atoms with van der Waals surface area (Å²) in [6.07, 6.45) is 0. The molecule has 0 unspecified atom stereocenters. The molecule has 1 aromatic carbocycles. The molecule has 0 aliphatic rings. The molecule has 2 rings (SSSR count). The van der Waals surface area contributed by atoms with Gasteiger partial charge >= 0.3 is 5.69 Å². The Morgan fingerprint density at radius 3 is 2.35 bits per heavy atom. The third-order valence-electron chi connectivity index (χ3n) is 2.44. The SMILES string of the molecule is NC(=S)c1cc(=O)c2cc([N+](=O)[O-])cc([N+](=O)[O-])c2o1. The molecule has 0 saturated heterocycles. The maximum Gasteiger partial charge on any atom is 0.319 e. The Bertz CT molecular complexity index is 828. The molecule has 1 heterocycles. The quantitative estimate of drug-likeness (QED) is 0.506. The van der Waals surface area contributed by atoms with Crippen molar-refractivity contribution < 1.29 is 14.3 Å². The molecule has 2 N–H and O–H groups in total. The minimum Gasteiger partial charge on any atom is -0.446 e. The van der Waals surface area contributed by atoms with Crippen LogP contribution >= 0.6 is 12.2 Å². The average molecular weight is 295 g/mol. The standard InChI is InChI=1S/C10H5N3O6S/c11-10(20)8-3-7(14)5-1-4(12(15)16)2-6(13(17)18)9(5)19-8/h1-3H,(H2,11,20). The number of hydrogen-bond acceptors (Lipinski definition) is 7. The van der Waals surface area contributed by atoms with Gasteiger partial charge in [0.25, 0.3) is 5.69 Å². The highest BCUT2D eigenvalue weighted by Crippen LogP contribution is 2.29. The van der Waals surface area contributed by atoms with E-state index in [9.17, 15) is 25.0 Å². The van der Waals surface area contributed by atoms with E-state index in [0.29, 0.717) is 6.07 Å². The number of nitro benzene ring substituents is 2. The highest BCUT2D eigenvalue weighted by molar-refractivity contribution is 7.80. The predicted molar refractivity (Wildman–Crippen MR) is 71.7 cm³/mol. The van der Waals surface area contributed by atoms with Gasteiger partial charge in [0.1, 0.15) is 4.99 Å². The molecular formula is C10H5N3O6S. The summed E-state index contributed by atoms with van der Waals surface area (Å²) in [5, 5.41) is 21.4. The van der Waals surface area contributed by atoms with E-state index in [1.165, 1.54) is 0 Å². The van der Waals surface area contributed by atoms with Gasteiger partial charge in [0.05, 0.1) is 21.3 Å². The van der Waals surface area contributed by atoms with Gasteiger partial charge in [0.2, 0.25) is 5.58 Å². The number of thiocarbonyl (C=S) groups is 1. The van der Waals surface area contributed by atoms with E-state index in [-0.39, 0.29) is 16.1 Å². The highest BCUT2D eigenvalue weighted by Gasteiger charge is 2.23. The molecule has 102 valence electrons. The number of rotatable bonds is 3. The molecule has 10 heteroatoms. The lowest BCUT2D eigenvalue weighted by atomic mass is 10.1. The molecule has 9 nitrogen and oxygen atoms in total. The van der Waals surface area contributed by atoms with Crippen LogP contribution in [0.3, 0.4) is 0 Å². The first-order valence-corrected chi connectivity index (χ1v) is 5.42. The Balaban J connectivity index is 2.97. The molecule has 0 amide bonds. The smallest absolute Gasteiger partial charge is 0.319 e. The van der Waals surface area contributed by atoms with Crippen molar-refractivity contribution in [2.24, 2.45) is 5.73 Å². The molecule has 0 spiro atoms. The Hall–Kier alpha value is -2.88. The first-order valence-electron chi connectivity index (χ1n) is 5.01. The van der Waals surface area contributed by atoms with Gasteiger partial charge in [-0.05, 0) is 0 Å². The van der Waals surface area contributed by atoms with Crippen molar-refractivity contribution in [3.8, 4) is 0 Å². The van der Waals surface area contributed by atoms with E-state index in [1.54, 1.807) is 0 Å². The van der Waals surface area contributed by atoms with Gasteiger partial charge < -0.3 is 10.2 Å². The molecule has 0 radical (unpaired) electrons. The predicted octanol–water partition coefficient (Wildman–Crippen LogP) is 1.24. The van der Waals surface area contributed by atoms with Crippen LogP contribution in [-0.4, -0.2) is 14.8 Å². The normalized spacial score (nSPS) is 10.4. The van der Waals surface area contributed by atoms with Crippen molar-refractivity contribution in [2.45, 2.75) is 0 Å². The van der Waals surface area contributed by atoms with E-state index in [1.807, 2.05) is 0 Å². The Morgan fingerprint density at radius 2 is 1.85 bits per heavy atom. The Labute approximate surface area is 114 Å². The summed E-state index contributed by atoms with van der Waals surface area (Å²) in [6, 6.07) is 2.53. The fourth-order valence-corrected chi connectivity index (χ4v) is 1.69. The highest BCUT2D eigenvalue weighted by atomic mass is 32.1. The van der Waals surface area contributed by atoms with Crippen LogP contribution in [0.25, 0.3) is 11.0 Å². The lowest BCUT2D eigenvalue weighted by Crippen LogP contribution is -2.13. The van der Waals surface area contributed by atoms with Gasteiger partial charge in [0.15, 0.2) is 11.2 Å². The van der Waals surface area contributed by atoms with Crippen LogP contribution in [0.2, 0.25) is 0 Å². The molecule has 0 fully saturated rings. The molecular weight excluding hydrogens is 290 g/mol. The second-order valence-electron chi connectivity index (χ2n) is 3.69. The van der Waals surface area contributed by atoms with E-state index >= 15 is 0 Å². The van der Waals surface area contributed by atoms with Crippen LogP contribution in [0.5, 0.6) is 0 Å². The fourth-order valence-electron chi connectivity index (χ4n) is 1.59. The maximum absolute atomic E-state index is 11.8. The van der Waals surface area contributed by atoms with Gasteiger partial charge in [-0.2, -0.15) is 0 Å². The number of benzene rings is 1. The van der Waals surface area contributed by atoms with Gasteiger partial charge in [-0.3, -0.25) is 25.0 Å². The lowest BCUT2D eigenvalue weighted by molar-refractivity contribution is -0.393. The van der Waals surface area contributed by atoms with E-state index in [0.717, 1.165) is 12.1 Å². The van der Waals surface area contributed by atoms with Crippen molar-refractivity contribution in [3.63, 3.8) is 0 Å².